The van der Waals surface area contributed by atoms with Crippen LogP contribution >= 0.6 is 0 Å². The third kappa shape index (κ3) is 2.10. The summed E-state index contributed by atoms with van der Waals surface area (Å²) in [7, 11) is 1.62. The van der Waals surface area contributed by atoms with E-state index in [1.807, 2.05) is 55.5 Å². The molecule has 2 aromatic carbocycles. The van der Waals surface area contributed by atoms with Crippen LogP contribution in [0.5, 0.6) is 11.5 Å². The van der Waals surface area contributed by atoms with Crippen molar-refractivity contribution in [1.29, 1.82) is 0 Å². The van der Waals surface area contributed by atoms with Crippen molar-refractivity contribution in [2.75, 3.05) is 7.11 Å². The molecule has 1 atom stereocenters. The number of ether oxygens (including phenoxy) is 2. The van der Waals surface area contributed by atoms with Crippen LogP contribution in [-0.4, -0.2) is 17.8 Å². The minimum atomic E-state index is -0.0173. The summed E-state index contributed by atoms with van der Waals surface area (Å²) in [6.07, 6.45) is 0.672. The monoisotopic (exact) mass is 307 g/mol. The van der Waals surface area contributed by atoms with E-state index < -0.39 is 0 Å². The van der Waals surface area contributed by atoms with E-state index in [-0.39, 0.29) is 11.7 Å². The molecule has 3 aromatic rings. The minimum Gasteiger partial charge on any atom is -0.497 e. The largest absolute Gasteiger partial charge is 0.497 e. The van der Waals surface area contributed by atoms with Crippen molar-refractivity contribution in [3.8, 4) is 17.2 Å². The minimum absolute atomic E-state index is 0.0173. The topological polar surface area (TPSA) is 40.5 Å². The first-order valence-corrected chi connectivity index (χ1v) is 7.67. The molecule has 23 heavy (non-hydrogen) atoms. The summed E-state index contributed by atoms with van der Waals surface area (Å²) >= 11 is 0. The zero-order valence-corrected chi connectivity index (χ0v) is 13.1. The first-order chi connectivity index (χ1) is 11.2. The Morgan fingerprint density at radius 1 is 1.17 bits per heavy atom. The fourth-order valence-electron chi connectivity index (χ4n) is 3.22. The maximum atomic E-state index is 13.1. The van der Waals surface area contributed by atoms with E-state index in [1.54, 1.807) is 11.7 Å². The lowest BCUT2D eigenvalue weighted by molar-refractivity contribution is 0.257. The lowest BCUT2D eigenvalue weighted by Crippen LogP contribution is -2.22. The highest BCUT2D eigenvalue weighted by molar-refractivity contribution is 5.88. The molecular formula is C19H17NO3. The van der Waals surface area contributed by atoms with Gasteiger partial charge < -0.3 is 9.47 Å². The normalized spacial score (nSPS) is 16.2. The van der Waals surface area contributed by atoms with Crippen LogP contribution in [0, 0.1) is 0 Å². The second-order valence-electron chi connectivity index (χ2n) is 5.80. The van der Waals surface area contributed by atoms with Gasteiger partial charge in [0.25, 0.3) is 5.56 Å². The van der Waals surface area contributed by atoms with Gasteiger partial charge >= 0.3 is 0 Å². The molecule has 1 unspecified atom stereocenters. The van der Waals surface area contributed by atoms with E-state index >= 15 is 0 Å². The van der Waals surface area contributed by atoms with Gasteiger partial charge in [-0.2, -0.15) is 0 Å². The molecule has 0 saturated heterocycles. The molecule has 4 nitrogen and oxygen atoms in total. The van der Waals surface area contributed by atoms with Gasteiger partial charge in [-0.1, -0.05) is 18.2 Å². The highest BCUT2D eigenvalue weighted by Gasteiger charge is 2.27. The number of benzene rings is 2. The predicted molar refractivity (Wildman–Crippen MR) is 89.9 cm³/mol. The van der Waals surface area contributed by atoms with Crippen molar-refractivity contribution in [3.63, 3.8) is 0 Å². The van der Waals surface area contributed by atoms with E-state index in [0.717, 1.165) is 33.7 Å². The molecule has 0 bridgehead atoms. The van der Waals surface area contributed by atoms with E-state index in [9.17, 15) is 4.79 Å². The number of hydrogen-bond acceptors (Lipinski definition) is 3. The number of pyridine rings is 1. The van der Waals surface area contributed by atoms with Crippen molar-refractivity contribution in [1.82, 2.24) is 4.57 Å². The summed E-state index contributed by atoms with van der Waals surface area (Å²) in [6, 6.07) is 15.4. The van der Waals surface area contributed by atoms with Gasteiger partial charge in [-0.3, -0.25) is 9.36 Å². The molecule has 2 heterocycles. The molecule has 1 aliphatic heterocycles. The molecule has 4 heteroatoms. The quantitative estimate of drug-likeness (QED) is 0.729. The number of hydrogen-bond donors (Lipinski definition) is 0. The SMILES string of the molecule is COc1cccc(-n2c(=O)c3c(c4ccccc42)OC(C)C3)c1. The van der Waals surface area contributed by atoms with E-state index in [0.29, 0.717) is 6.42 Å². The summed E-state index contributed by atoms with van der Waals surface area (Å²) in [5.74, 6) is 1.46. The fraction of sp³-hybridized carbons (Fsp3) is 0.211. The first kappa shape index (κ1) is 13.9. The molecule has 0 radical (unpaired) electrons. The maximum Gasteiger partial charge on any atom is 0.262 e. The number of aromatic nitrogens is 1. The predicted octanol–water partition coefficient (Wildman–Crippen LogP) is 3.32. The summed E-state index contributed by atoms with van der Waals surface area (Å²) in [5, 5.41) is 0.967. The fourth-order valence-corrected chi connectivity index (χ4v) is 3.22. The second-order valence-corrected chi connectivity index (χ2v) is 5.80. The van der Waals surface area contributed by atoms with Crippen LogP contribution in [0.25, 0.3) is 16.6 Å². The molecule has 0 amide bonds. The third-order valence-corrected chi connectivity index (χ3v) is 4.25. The van der Waals surface area contributed by atoms with Gasteiger partial charge in [-0.15, -0.1) is 0 Å². The zero-order chi connectivity index (χ0) is 16.0. The Morgan fingerprint density at radius 2 is 2.00 bits per heavy atom. The Bertz CT molecular complexity index is 958. The van der Waals surface area contributed by atoms with Crippen LogP contribution in [0.3, 0.4) is 0 Å². The number of para-hydroxylation sites is 1. The van der Waals surface area contributed by atoms with Crippen LogP contribution in [-0.2, 0) is 6.42 Å². The Morgan fingerprint density at radius 3 is 2.83 bits per heavy atom. The highest BCUT2D eigenvalue weighted by atomic mass is 16.5. The molecule has 0 saturated carbocycles. The van der Waals surface area contributed by atoms with Gasteiger partial charge in [-0.05, 0) is 31.2 Å². The van der Waals surface area contributed by atoms with Crippen molar-refractivity contribution in [3.05, 3.63) is 64.4 Å². The summed E-state index contributed by atoms with van der Waals surface area (Å²) < 4.78 is 12.9. The average molecular weight is 307 g/mol. The second kappa shape index (κ2) is 5.16. The van der Waals surface area contributed by atoms with Crippen molar-refractivity contribution in [2.24, 2.45) is 0 Å². The number of nitrogens with zero attached hydrogens (tertiary/aromatic N) is 1. The van der Waals surface area contributed by atoms with Gasteiger partial charge in [-0.25, -0.2) is 0 Å². The van der Waals surface area contributed by atoms with Gasteiger partial charge in [0.2, 0.25) is 0 Å². The first-order valence-electron chi connectivity index (χ1n) is 7.67. The van der Waals surface area contributed by atoms with Gasteiger partial charge in [0.05, 0.1) is 23.9 Å². The summed E-state index contributed by atoms with van der Waals surface area (Å²) in [6.45, 7) is 1.99. The average Bonchev–Trinajstić information content (AvgIpc) is 2.98. The standard InChI is InChI=1S/C19H17NO3/c1-12-10-16-18(23-12)15-8-3-4-9-17(15)20(19(16)21)13-6-5-7-14(11-13)22-2/h3-9,11-12H,10H2,1-2H3. The highest BCUT2D eigenvalue weighted by Crippen LogP contribution is 2.35. The Balaban J connectivity index is 2.09. The van der Waals surface area contributed by atoms with E-state index in [2.05, 4.69) is 0 Å². The Labute approximate surface area is 133 Å². The molecule has 0 spiro atoms. The van der Waals surface area contributed by atoms with Crippen molar-refractivity contribution in [2.45, 2.75) is 19.4 Å². The molecule has 0 N–H and O–H groups in total. The lowest BCUT2D eigenvalue weighted by Gasteiger charge is -2.14. The van der Waals surface area contributed by atoms with Crippen LogP contribution in [0.2, 0.25) is 0 Å². The number of methoxy groups -OCH3 is 1. The smallest absolute Gasteiger partial charge is 0.262 e. The molecule has 116 valence electrons. The van der Waals surface area contributed by atoms with Gasteiger partial charge in [0.1, 0.15) is 17.6 Å². The van der Waals surface area contributed by atoms with Gasteiger partial charge in [0.15, 0.2) is 0 Å². The summed E-state index contributed by atoms with van der Waals surface area (Å²) in [5.41, 5.74) is 2.38. The number of fused-ring (bicyclic) bond motifs is 3. The lowest BCUT2D eigenvalue weighted by atomic mass is 10.1. The Kier molecular flexibility index (Phi) is 3.11. The Hall–Kier alpha value is -2.75. The van der Waals surface area contributed by atoms with Crippen molar-refractivity contribution >= 4 is 10.9 Å². The van der Waals surface area contributed by atoms with Crippen LogP contribution in [0.4, 0.5) is 0 Å². The summed E-state index contributed by atoms with van der Waals surface area (Å²) in [4.78, 5) is 13.1. The number of rotatable bonds is 2. The molecule has 1 aliphatic rings. The van der Waals surface area contributed by atoms with Gasteiger partial charge in [0, 0.05) is 17.9 Å². The molecule has 0 aliphatic carbocycles. The van der Waals surface area contributed by atoms with Crippen LogP contribution in [0.15, 0.2) is 53.3 Å². The third-order valence-electron chi connectivity index (χ3n) is 4.25. The molecule has 0 fully saturated rings. The zero-order valence-electron chi connectivity index (χ0n) is 13.1. The molecular weight excluding hydrogens is 290 g/mol. The van der Waals surface area contributed by atoms with Crippen LogP contribution < -0.4 is 15.0 Å². The van der Waals surface area contributed by atoms with Crippen molar-refractivity contribution < 1.29 is 9.47 Å². The van der Waals surface area contributed by atoms with E-state index in [4.69, 9.17) is 9.47 Å². The molecule has 1 aromatic heterocycles. The van der Waals surface area contributed by atoms with E-state index in [1.165, 1.54) is 0 Å². The molecule has 4 rings (SSSR count). The maximum absolute atomic E-state index is 13.1. The van der Waals surface area contributed by atoms with Crippen LogP contribution in [0.1, 0.15) is 12.5 Å².